The zero-order chi connectivity index (χ0) is 12.5. The van der Waals surface area contributed by atoms with Crippen LogP contribution in [0.15, 0.2) is 0 Å². The normalized spacial score (nSPS) is 41.5. The highest BCUT2D eigenvalue weighted by Gasteiger charge is 2.39. The van der Waals surface area contributed by atoms with E-state index in [-0.39, 0.29) is 0 Å². The molecule has 4 heteroatoms. The lowest BCUT2D eigenvalue weighted by Gasteiger charge is -2.36. The number of hydrogen-bond acceptors (Lipinski definition) is 2. The summed E-state index contributed by atoms with van der Waals surface area (Å²) < 4.78 is 23.2. The Kier molecular flexibility index (Phi) is 4.56. The van der Waals surface area contributed by atoms with Gasteiger partial charge in [0.1, 0.15) is 0 Å². The molecular weight excluding hydrogens is 300 g/mol. The van der Waals surface area contributed by atoms with Crippen LogP contribution in [0.2, 0.25) is 0 Å². The summed E-state index contributed by atoms with van der Waals surface area (Å²) in [6.45, 7) is 2.25. The first-order valence-corrected chi connectivity index (χ1v) is 9.60. The lowest BCUT2D eigenvalue weighted by atomic mass is 9.73. The summed E-state index contributed by atoms with van der Waals surface area (Å²) in [5.74, 6) is 2.72. The van der Waals surface area contributed by atoms with Crippen LogP contribution in [-0.2, 0) is 9.84 Å². The van der Waals surface area contributed by atoms with Gasteiger partial charge < -0.3 is 0 Å². The predicted molar refractivity (Wildman–Crippen MR) is 75.2 cm³/mol. The van der Waals surface area contributed by atoms with Crippen molar-refractivity contribution in [3.63, 3.8) is 0 Å². The Bertz CT molecular complexity index is 352. The van der Waals surface area contributed by atoms with Crippen LogP contribution in [0, 0.1) is 17.8 Å². The SMILES string of the molecule is CCCC1CCC(Br)C(C2CCS(=O)(=O)C2)C1. The van der Waals surface area contributed by atoms with E-state index >= 15 is 0 Å². The maximum absolute atomic E-state index is 11.6. The molecule has 0 radical (unpaired) electrons. The number of hydrogen-bond donors (Lipinski definition) is 0. The highest BCUT2D eigenvalue weighted by Crippen LogP contribution is 2.42. The largest absolute Gasteiger partial charge is 0.229 e. The summed E-state index contributed by atoms with van der Waals surface area (Å²) >= 11 is 3.79. The highest BCUT2D eigenvalue weighted by molar-refractivity contribution is 9.09. The first kappa shape index (κ1) is 13.9. The smallest absolute Gasteiger partial charge is 0.150 e. The fraction of sp³-hybridized carbons (Fsp3) is 1.00. The van der Waals surface area contributed by atoms with Crippen molar-refractivity contribution in [1.82, 2.24) is 0 Å². The molecule has 0 aromatic heterocycles. The first-order valence-electron chi connectivity index (χ1n) is 6.86. The van der Waals surface area contributed by atoms with Gasteiger partial charge in [-0.25, -0.2) is 8.42 Å². The Hall–Kier alpha value is 0.430. The van der Waals surface area contributed by atoms with E-state index in [0.29, 0.717) is 28.2 Å². The Balaban J connectivity index is 1.98. The van der Waals surface area contributed by atoms with Gasteiger partial charge in [-0.3, -0.25) is 0 Å². The quantitative estimate of drug-likeness (QED) is 0.746. The second-order valence-electron chi connectivity index (χ2n) is 5.81. The van der Waals surface area contributed by atoms with Gasteiger partial charge >= 0.3 is 0 Å². The van der Waals surface area contributed by atoms with Crippen LogP contribution >= 0.6 is 15.9 Å². The van der Waals surface area contributed by atoms with Crippen molar-refractivity contribution in [2.45, 2.75) is 50.3 Å². The zero-order valence-corrected chi connectivity index (χ0v) is 13.0. The minimum atomic E-state index is -2.72. The summed E-state index contributed by atoms with van der Waals surface area (Å²) in [7, 11) is -2.72. The van der Waals surface area contributed by atoms with Crippen molar-refractivity contribution >= 4 is 25.8 Å². The lowest BCUT2D eigenvalue weighted by molar-refractivity contribution is 0.210. The van der Waals surface area contributed by atoms with Gasteiger partial charge in [0.2, 0.25) is 0 Å². The first-order chi connectivity index (χ1) is 8.02. The van der Waals surface area contributed by atoms with Crippen molar-refractivity contribution in [2.75, 3.05) is 11.5 Å². The van der Waals surface area contributed by atoms with Gasteiger partial charge in [0, 0.05) is 4.83 Å². The minimum Gasteiger partial charge on any atom is -0.229 e. The molecule has 4 unspecified atom stereocenters. The fourth-order valence-electron chi connectivity index (χ4n) is 3.58. The predicted octanol–water partition coefficient (Wildman–Crippen LogP) is 3.40. The second kappa shape index (κ2) is 5.60. The molecule has 1 saturated heterocycles. The number of halogens is 1. The number of sulfone groups is 1. The van der Waals surface area contributed by atoms with Gasteiger partial charge in [-0.05, 0) is 43.4 Å². The van der Waals surface area contributed by atoms with E-state index in [4.69, 9.17) is 0 Å². The molecule has 1 heterocycles. The summed E-state index contributed by atoms with van der Waals surface area (Å²) in [5.41, 5.74) is 0. The van der Waals surface area contributed by atoms with Crippen LogP contribution in [0.25, 0.3) is 0 Å². The van der Waals surface area contributed by atoms with Crippen molar-refractivity contribution in [1.29, 1.82) is 0 Å². The molecule has 2 rings (SSSR count). The third-order valence-corrected chi connectivity index (χ3v) is 7.42. The molecule has 1 saturated carbocycles. The molecule has 0 aromatic rings. The zero-order valence-electron chi connectivity index (χ0n) is 10.6. The van der Waals surface area contributed by atoms with E-state index in [1.165, 1.54) is 32.1 Å². The Morgan fingerprint density at radius 2 is 2.00 bits per heavy atom. The van der Waals surface area contributed by atoms with Gasteiger partial charge in [0.05, 0.1) is 11.5 Å². The summed E-state index contributed by atoms with van der Waals surface area (Å²) in [6, 6.07) is 0. The van der Waals surface area contributed by atoms with Gasteiger partial charge in [-0.2, -0.15) is 0 Å². The van der Waals surface area contributed by atoms with E-state index < -0.39 is 9.84 Å². The molecule has 4 atom stereocenters. The molecule has 0 aromatic carbocycles. The second-order valence-corrected chi connectivity index (χ2v) is 9.22. The maximum Gasteiger partial charge on any atom is 0.150 e. The average Bonchev–Trinajstić information content (AvgIpc) is 2.62. The van der Waals surface area contributed by atoms with Gasteiger partial charge in [-0.1, -0.05) is 35.7 Å². The monoisotopic (exact) mass is 322 g/mol. The summed E-state index contributed by atoms with van der Waals surface area (Å²) in [5, 5.41) is 0. The standard InChI is InChI=1S/C13H23BrO2S/c1-2-3-10-4-5-13(14)12(8-10)11-6-7-17(15,16)9-11/h10-13H,2-9H2,1H3. The molecule has 2 nitrogen and oxygen atoms in total. The number of alkyl halides is 1. The molecule has 17 heavy (non-hydrogen) atoms. The van der Waals surface area contributed by atoms with Crippen LogP contribution in [0.4, 0.5) is 0 Å². The lowest BCUT2D eigenvalue weighted by Crippen LogP contribution is -2.31. The Morgan fingerprint density at radius 3 is 2.59 bits per heavy atom. The third kappa shape index (κ3) is 3.46. The van der Waals surface area contributed by atoms with Crippen molar-refractivity contribution in [2.24, 2.45) is 17.8 Å². The molecule has 0 N–H and O–H groups in total. The molecule has 2 aliphatic rings. The topological polar surface area (TPSA) is 34.1 Å². The van der Waals surface area contributed by atoms with Gasteiger partial charge in [0.15, 0.2) is 9.84 Å². The maximum atomic E-state index is 11.6. The van der Waals surface area contributed by atoms with Crippen molar-refractivity contribution in [3.05, 3.63) is 0 Å². The molecule has 0 bridgehead atoms. The molecule has 0 amide bonds. The van der Waals surface area contributed by atoms with E-state index in [1.54, 1.807) is 0 Å². The van der Waals surface area contributed by atoms with Crippen LogP contribution in [-0.4, -0.2) is 24.8 Å². The molecule has 100 valence electrons. The van der Waals surface area contributed by atoms with E-state index in [1.807, 2.05) is 0 Å². The van der Waals surface area contributed by atoms with Gasteiger partial charge in [-0.15, -0.1) is 0 Å². The highest BCUT2D eigenvalue weighted by atomic mass is 79.9. The molecule has 1 aliphatic heterocycles. The van der Waals surface area contributed by atoms with Crippen molar-refractivity contribution in [3.8, 4) is 0 Å². The fourth-order valence-corrected chi connectivity index (χ4v) is 6.39. The molecule has 2 fully saturated rings. The summed E-state index contributed by atoms with van der Waals surface area (Å²) in [4.78, 5) is 0.550. The van der Waals surface area contributed by atoms with Crippen LogP contribution in [0.5, 0.6) is 0 Å². The van der Waals surface area contributed by atoms with Crippen molar-refractivity contribution < 1.29 is 8.42 Å². The van der Waals surface area contributed by atoms with Gasteiger partial charge in [0.25, 0.3) is 0 Å². The van der Waals surface area contributed by atoms with E-state index in [9.17, 15) is 8.42 Å². The van der Waals surface area contributed by atoms with Crippen LogP contribution in [0.1, 0.15) is 45.4 Å². The Morgan fingerprint density at radius 1 is 1.24 bits per heavy atom. The Labute approximate surface area is 114 Å². The van der Waals surface area contributed by atoms with Crippen LogP contribution in [0.3, 0.4) is 0 Å². The third-order valence-electron chi connectivity index (χ3n) is 4.49. The van der Waals surface area contributed by atoms with E-state index in [2.05, 4.69) is 22.9 Å². The molecule has 1 aliphatic carbocycles. The van der Waals surface area contributed by atoms with E-state index in [0.717, 1.165) is 12.3 Å². The van der Waals surface area contributed by atoms with Crippen LogP contribution < -0.4 is 0 Å². The minimum absolute atomic E-state index is 0.420. The molecular formula is C13H23BrO2S. The average molecular weight is 323 g/mol. The molecule has 0 spiro atoms. The summed E-state index contributed by atoms with van der Waals surface area (Å²) in [6.07, 6.45) is 7.26. The number of rotatable bonds is 3.